The minimum atomic E-state index is -0.498. The molecule has 2 aromatic rings. The molecule has 0 saturated carbocycles. The van der Waals surface area contributed by atoms with Crippen molar-refractivity contribution in [2.24, 2.45) is 5.73 Å². The molecular weight excluding hydrogens is 318 g/mol. The first-order valence-corrected chi connectivity index (χ1v) is 8.29. The van der Waals surface area contributed by atoms with E-state index in [9.17, 15) is 9.59 Å². The lowest BCUT2D eigenvalue weighted by molar-refractivity contribution is -0.118. The molecule has 3 N–H and O–H groups in total. The Balaban J connectivity index is 1.49. The lowest BCUT2D eigenvalue weighted by atomic mass is 10.2. The monoisotopic (exact) mass is 339 g/mol. The van der Waals surface area contributed by atoms with Crippen LogP contribution in [-0.2, 0) is 4.79 Å². The molecule has 3 rings (SSSR count). The van der Waals surface area contributed by atoms with E-state index in [1.165, 1.54) is 18.5 Å². The fourth-order valence-corrected chi connectivity index (χ4v) is 2.79. The predicted octanol–water partition coefficient (Wildman–Crippen LogP) is 2.40. The normalized spacial score (nSPS) is 13.5. The quantitative estimate of drug-likeness (QED) is 0.846. The van der Waals surface area contributed by atoms with E-state index in [1.807, 2.05) is 24.3 Å². The molecule has 1 fully saturated rings. The molecule has 0 spiro atoms. The van der Waals surface area contributed by atoms with E-state index in [-0.39, 0.29) is 12.5 Å². The van der Waals surface area contributed by atoms with E-state index in [2.05, 4.69) is 10.2 Å². The summed E-state index contributed by atoms with van der Waals surface area (Å²) in [5.74, 6) is -0.237. The van der Waals surface area contributed by atoms with Crippen LogP contribution in [0.2, 0.25) is 0 Å². The Morgan fingerprint density at radius 2 is 1.64 bits per heavy atom. The molecule has 25 heavy (non-hydrogen) atoms. The van der Waals surface area contributed by atoms with Gasteiger partial charge in [0.2, 0.25) is 5.91 Å². The topological polar surface area (TPSA) is 84.7 Å². The van der Waals surface area contributed by atoms with Crippen LogP contribution in [0.3, 0.4) is 0 Å². The summed E-state index contributed by atoms with van der Waals surface area (Å²) in [6.45, 7) is 2.08. The SMILES string of the molecule is NC(=O)c1ccc(OCC(=O)Nc2ccc(N3CCCC3)cc2)cc1. The highest BCUT2D eigenvalue weighted by molar-refractivity contribution is 5.93. The summed E-state index contributed by atoms with van der Waals surface area (Å²) in [5, 5.41) is 2.80. The van der Waals surface area contributed by atoms with E-state index in [4.69, 9.17) is 10.5 Å². The summed E-state index contributed by atoms with van der Waals surface area (Å²) >= 11 is 0. The van der Waals surface area contributed by atoms with Crippen LogP contribution in [0.5, 0.6) is 5.75 Å². The molecule has 0 radical (unpaired) electrons. The second-order valence-electron chi connectivity index (χ2n) is 5.97. The number of carbonyl (C=O) groups excluding carboxylic acids is 2. The first-order chi connectivity index (χ1) is 12.1. The van der Waals surface area contributed by atoms with Crippen molar-refractivity contribution in [3.8, 4) is 5.75 Å². The van der Waals surface area contributed by atoms with Crippen LogP contribution >= 0.6 is 0 Å². The van der Waals surface area contributed by atoms with Gasteiger partial charge in [-0.25, -0.2) is 0 Å². The Labute approximate surface area is 146 Å². The lowest BCUT2D eigenvalue weighted by Crippen LogP contribution is -2.20. The maximum atomic E-state index is 12.0. The number of ether oxygens (including phenoxy) is 1. The van der Waals surface area contributed by atoms with Crippen molar-refractivity contribution >= 4 is 23.2 Å². The third-order valence-corrected chi connectivity index (χ3v) is 4.13. The van der Waals surface area contributed by atoms with Crippen molar-refractivity contribution in [1.82, 2.24) is 0 Å². The molecule has 0 unspecified atom stereocenters. The molecule has 0 atom stereocenters. The van der Waals surface area contributed by atoms with Crippen molar-refractivity contribution in [3.05, 3.63) is 54.1 Å². The number of hydrogen-bond donors (Lipinski definition) is 2. The van der Waals surface area contributed by atoms with E-state index >= 15 is 0 Å². The molecule has 2 amide bonds. The first kappa shape index (κ1) is 16.8. The van der Waals surface area contributed by atoms with Crippen molar-refractivity contribution < 1.29 is 14.3 Å². The van der Waals surface area contributed by atoms with Crippen LogP contribution in [0.4, 0.5) is 11.4 Å². The number of hydrogen-bond acceptors (Lipinski definition) is 4. The third-order valence-electron chi connectivity index (χ3n) is 4.13. The number of anilines is 2. The average Bonchev–Trinajstić information content (AvgIpc) is 3.15. The minimum absolute atomic E-state index is 0.107. The Morgan fingerprint density at radius 3 is 2.24 bits per heavy atom. The Kier molecular flexibility index (Phi) is 5.18. The first-order valence-electron chi connectivity index (χ1n) is 8.29. The van der Waals surface area contributed by atoms with Gasteiger partial charge in [-0.3, -0.25) is 9.59 Å². The molecule has 0 bridgehead atoms. The molecule has 130 valence electrons. The molecule has 1 saturated heterocycles. The number of nitrogens with zero attached hydrogens (tertiary/aromatic N) is 1. The van der Waals surface area contributed by atoms with E-state index in [0.29, 0.717) is 11.3 Å². The van der Waals surface area contributed by atoms with Gasteiger partial charge in [-0.15, -0.1) is 0 Å². The van der Waals surface area contributed by atoms with Crippen LogP contribution < -0.4 is 20.7 Å². The standard InChI is InChI=1S/C19H21N3O3/c20-19(24)14-3-9-17(10-4-14)25-13-18(23)21-15-5-7-16(8-6-15)22-11-1-2-12-22/h3-10H,1-2,11-13H2,(H2,20,24)(H,21,23). The summed E-state index contributed by atoms with van der Waals surface area (Å²) in [6, 6.07) is 14.2. The summed E-state index contributed by atoms with van der Waals surface area (Å²) in [6.07, 6.45) is 2.46. The number of nitrogens with one attached hydrogen (secondary N) is 1. The van der Waals surface area contributed by atoms with Crippen LogP contribution in [-0.4, -0.2) is 31.5 Å². The molecule has 6 heteroatoms. The van der Waals surface area contributed by atoms with Gasteiger partial charge < -0.3 is 20.7 Å². The van der Waals surface area contributed by atoms with Crippen molar-refractivity contribution in [1.29, 1.82) is 0 Å². The maximum Gasteiger partial charge on any atom is 0.262 e. The maximum absolute atomic E-state index is 12.0. The van der Waals surface area contributed by atoms with Crippen LogP contribution in [0.1, 0.15) is 23.2 Å². The zero-order valence-electron chi connectivity index (χ0n) is 13.9. The van der Waals surface area contributed by atoms with Crippen LogP contribution in [0, 0.1) is 0 Å². The van der Waals surface area contributed by atoms with Gasteiger partial charge in [0.1, 0.15) is 5.75 Å². The smallest absolute Gasteiger partial charge is 0.262 e. The molecule has 1 aliphatic heterocycles. The predicted molar refractivity (Wildman–Crippen MR) is 97.0 cm³/mol. The van der Waals surface area contributed by atoms with E-state index in [0.717, 1.165) is 18.8 Å². The third kappa shape index (κ3) is 4.50. The van der Waals surface area contributed by atoms with Crippen molar-refractivity contribution in [2.75, 3.05) is 29.9 Å². The summed E-state index contributed by atoms with van der Waals surface area (Å²) in [4.78, 5) is 25.3. The van der Waals surface area contributed by atoms with Crippen molar-refractivity contribution in [3.63, 3.8) is 0 Å². The summed E-state index contributed by atoms with van der Waals surface area (Å²) in [5.41, 5.74) is 7.49. The van der Waals surface area contributed by atoms with Gasteiger partial charge in [0.15, 0.2) is 6.61 Å². The van der Waals surface area contributed by atoms with Gasteiger partial charge >= 0.3 is 0 Å². The second-order valence-corrected chi connectivity index (χ2v) is 5.97. The molecule has 6 nitrogen and oxygen atoms in total. The number of nitrogens with two attached hydrogens (primary N) is 1. The van der Waals surface area contributed by atoms with Gasteiger partial charge in [0.25, 0.3) is 5.91 Å². The highest BCUT2D eigenvalue weighted by Gasteiger charge is 2.12. The van der Waals surface area contributed by atoms with Crippen molar-refractivity contribution in [2.45, 2.75) is 12.8 Å². The number of rotatable bonds is 6. The fourth-order valence-electron chi connectivity index (χ4n) is 2.79. The molecule has 2 aromatic carbocycles. The Hall–Kier alpha value is -3.02. The average molecular weight is 339 g/mol. The highest BCUT2D eigenvalue weighted by atomic mass is 16.5. The second kappa shape index (κ2) is 7.70. The number of amides is 2. The van der Waals surface area contributed by atoms with Gasteiger partial charge in [-0.2, -0.15) is 0 Å². The van der Waals surface area contributed by atoms with Gasteiger partial charge in [-0.05, 0) is 61.4 Å². The summed E-state index contributed by atoms with van der Waals surface area (Å²) in [7, 11) is 0. The number of benzene rings is 2. The molecule has 0 aromatic heterocycles. The van der Waals surface area contributed by atoms with Crippen LogP contribution in [0.15, 0.2) is 48.5 Å². The fraction of sp³-hybridized carbons (Fsp3) is 0.263. The zero-order valence-corrected chi connectivity index (χ0v) is 13.9. The molecular formula is C19H21N3O3. The highest BCUT2D eigenvalue weighted by Crippen LogP contribution is 2.22. The molecule has 0 aliphatic carbocycles. The van der Waals surface area contributed by atoms with Gasteiger partial charge in [-0.1, -0.05) is 0 Å². The van der Waals surface area contributed by atoms with E-state index in [1.54, 1.807) is 24.3 Å². The van der Waals surface area contributed by atoms with Crippen LogP contribution in [0.25, 0.3) is 0 Å². The Bertz CT molecular complexity index is 736. The number of carbonyl (C=O) groups is 2. The Morgan fingerprint density at radius 1 is 1.00 bits per heavy atom. The van der Waals surface area contributed by atoms with Gasteiger partial charge in [0, 0.05) is 30.0 Å². The van der Waals surface area contributed by atoms with E-state index < -0.39 is 5.91 Å². The van der Waals surface area contributed by atoms with Gasteiger partial charge in [0.05, 0.1) is 0 Å². The zero-order chi connectivity index (χ0) is 17.6. The largest absolute Gasteiger partial charge is 0.484 e. The summed E-state index contributed by atoms with van der Waals surface area (Å²) < 4.78 is 5.41. The molecule has 1 heterocycles. The molecule has 1 aliphatic rings. The lowest BCUT2D eigenvalue weighted by Gasteiger charge is -2.17. The minimum Gasteiger partial charge on any atom is -0.484 e. The number of primary amides is 1.